The average molecular weight is 206 g/mol. The van der Waals surface area contributed by atoms with Gasteiger partial charge in [0.2, 0.25) is 0 Å². The molecule has 0 radical (unpaired) electrons. The summed E-state index contributed by atoms with van der Waals surface area (Å²) < 4.78 is 14.9. The van der Waals surface area contributed by atoms with Gasteiger partial charge in [-0.2, -0.15) is 0 Å². The Morgan fingerprint density at radius 1 is 1.36 bits per heavy atom. The maximum Gasteiger partial charge on any atom is 0.335 e. The maximum absolute atomic E-state index is 10.6. The lowest BCUT2D eigenvalue weighted by Crippen LogP contribution is -2.30. The molecule has 0 heterocycles. The number of hydrogen-bond donors (Lipinski definition) is 1. The summed E-state index contributed by atoms with van der Waals surface area (Å²) in [4.78, 5) is 10.6. The van der Waals surface area contributed by atoms with Crippen LogP contribution in [0.4, 0.5) is 0 Å². The second-order valence-corrected chi connectivity index (χ2v) is 2.77. The summed E-state index contributed by atoms with van der Waals surface area (Å²) in [7, 11) is 1.44. The van der Waals surface area contributed by atoms with Crippen molar-refractivity contribution < 1.29 is 24.1 Å². The fourth-order valence-corrected chi connectivity index (χ4v) is 0.838. The third-order valence-corrected chi connectivity index (χ3v) is 1.49. The average Bonchev–Trinajstić information content (AvgIpc) is 2.15. The summed E-state index contributed by atoms with van der Waals surface area (Å²) in [6.07, 6.45) is 0.0469. The monoisotopic (exact) mass is 206 g/mol. The van der Waals surface area contributed by atoms with Crippen LogP contribution in [-0.4, -0.2) is 50.7 Å². The third kappa shape index (κ3) is 6.82. The van der Waals surface area contributed by atoms with E-state index < -0.39 is 12.1 Å². The molecule has 0 aliphatic carbocycles. The Hall–Kier alpha value is -0.650. The van der Waals surface area contributed by atoms with Crippen LogP contribution < -0.4 is 0 Å². The summed E-state index contributed by atoms with van der Waals surface area (Å²) in [5, 5.41) is 8.66. The lowest BCUT2D eigenvalue weighted by Gasteiger charge is -2.12. The first-order valence-electron chi connectivity index (χ1n) is 4.63. The molecule has 0 aliphatic rings. The van der Waals surface area contributed by atoms with E-state index in [-0.39, 0.29) is 13.2 Å². The van der Waals surface area contributed by atoms with Crippen molar-refractivity contribution in [1.29, 1.82) is 0 Å². The summed E-state index contributed by atoms with van der Waals surface area (Å²) in [6.45, 7) is 3.43. The minimum atomic E-state index is -1.01. The molecular formula is C9H18O5. The highest BCUT2D eigenvalue weighted by Crippen LogP contribution is 1.93. The molecule has 0 aromatic carbocycles. The molecule has 0 fully saturated rings. The predicted octanol–water partition coefficient (Wildman–Crippen LogP) is 0.529. The normalized spacial score (nSPS) is 12.7. The maximum atomic E-state index is 10.6. The van der Waals surface area contributed by atoms with Crippen molar-refractivity contribution in [2.45, 2.75) is 19.4 Å². The van der Waals surface area contributed by atoms with Gasteiger partial charge in [0.1, 0.15) is 0 Å². The van der Waals surface area contributed by atoms with E-state index in [0.29, 0.717) is 13.2 Å². The summed E-state index contributed by atoms with van der Waals surface area (Å²) in [6, 6.07) is 0. The molecular weight excluding hydrogens is 188 g/mol. The Labute approximate surface area is 84.0 Å². The van der Waals surface area contributed by atoms with Crippen LogP contribution in [0.25, 0.3) is 0 Å². The van der Waals surface area contributed by atoms with E-state index in [0.717, 1.165) is 6.42 Å². The van der Waals surface area contributed by atoms with Crippen LogP contribution in [0.15, 0.2) is 0 Å². The van der Waals surface area contributed by atoms with Crippen molar-refractivity contribution in [1.82, 2.24) is 0 Å². The molecule has 0 saturated heterocycles. The molecule has 0 saturated carbocycles. The minimum Gasteiger partial charge on any atom is -0.479 e. The van der Waals surface area contributed by atoms with E-state index in [9.17, 15) is 4.79 Å². The summed E-state index contributed by atoms with van der Waals surface area (Å²) in [5.41, 5.74) is 0. The van der Waals surface area contributed by atoms with Crippen LogP contribution in [0.2, 0.25) is 0 Å². The van der Waals surface area contributed by atoms with E-state index in [1.807, 2.05) is 6.92 Å². The number of aliphatic carboxylic acids is 1. The van der Waals surface area contributed by atoms with Gasteiger partial charge in [-0.15, -0.1) is 0 Å². The molecule has 0 aromatic rings. The van der Waals surface area contributed by atoms with E-state index in [1.165, 1.54) is 7.11 Å². The van der Waals surface area contributed by atoms with Crippen molar-refractivity contribution in [3.8, 4) is 0 Å². The zero-order valence-electron chi connectivity index (χ0n) is 8.69. The highest BCUT2D eigenvalue weighted by molar-refractivity contribution is 5.72. The number of ether oxygens (including phenoxy) is 3. The first-order chi connectivity index (χ1) is 6.72. The SMILES string of the molecule is CCCOCCOC(COC)C(=O)O. The van der Waals surface area contributed by atoms with Gasteiger partial charge in [-0.25, -0.2) is 4.79 Å². The Balaban J connectivity index is 3.46. The van der Waals surface area contributed by atoms with Crippen molar-refractivity contribution in [3.05, 3.63) is 0 Å². The summed E-state index contributed by atoms with van der Waals surface area (Å²) >= 11 is 0. The first-order valence-corrected chi connectivity index (χ1v) is 4.63. The number of rotatable bonds is 9. The predicted molar refractivity (Wildman–Crippen MR) is 50.4 cm³/mol. The highest BCUT2D eigenvalue weighted by Gasteiger charge is 2.16. The van der Waals surface area contributed by atoms with Crippen LogP contribution in [0.1, 0.15) is 13.3 Å². The molecule has 0 aliphatic heterocycles. The van der Waals surface area contributed by atoms with Crippen LogP contribution in [0.3, 0.4) is 0 Å². The molecule has 1 unspecified atom stereocenters. The lowest BCUT2D eigenvalue weighted by atomic mass is 10.4. The van der Waals surface area contributed by atoms with Gasteiger partial charge in [0.05, 0.1) is 19.8 Å². The van der Waals surface area contributed by atoms with Crippen LogP contribution in [0.5, 0.6) is 0 Å². The topological polar surface area (TPSA) is 65.0 Å². The quantitative estimate of drug-likeness (QED) is 0.557. The van der Waals surface area contributed by atoms with Crippen molar-refractivity contribution >= 4 is 5.97 Å². The first kappa shape index (κ1) is 13.4. The smallest absolute Gasteiger partial charge is 0.335 e. The van der Waals surface area contributed by atoms with Gasteiger partial charge in [-0.1, -0.05) is 6.92 Å². The molecule has 1 N–H and O–H groups in total. The van der Waals surface area contributed by atoms with Gasteiger partial charge < -0.3 is 19.3 Å². The second kappa shape index (κ2) is 8.93. The number of carbonyl (C=O) groups is 1. The number of methoxy groups -OCH3 is 1. The minimum absolute atomic E-state index is 0.0586. The Morgan fingerprint density at radius 3 is 2.57 bits per heavy atom. The van der Waals surface area contributed by atoms with Gasteiger partial charge in [-0.3, -0.25) is 0 Å². The van der Waals surface area contributed by atoms with Gasteiger partial charge in [0.15, 0.2) is 6.10 Å². The lowest BCUT2D eigenvalue weighted by molar-refractivity contribution is -0.154. The number of carboxylic acid groups (broad SMARTS) is 1. The largest absolute Gasteiger partial charge is 0.479 e. The van der Waals surface area contributed by atoms with E-state index in [4.69, 9.17) is 19.3 Å². The highest BCUT2D eigenvalue weighted by atomic mass is 16.6. The van der Waals surface area contributed by atoms with Crippen molar-refractivity contribution in [2.75, 3.05) is 33.5 Å². The molecule has 14 heavy (non-hydrogen) atoms. The zero-order valence-corrected chi connectivity index (χ0v) is 8.69. The van der Waals surface area contributed by atoms with Crippen molar-refractivity contribution in [2.24, 2.45) is 0 Å². The molecule has 5 nitrogen and oxygen atoms in total. The number of hydrogen-bond acceptors (Lipinski definition) is 4. The molecule has 0 bridgehead atoms. The van der Waals surface area contributed by atoms with E-state index >= 15 is 0 Å². The second-order valence-electron chi connectivity index (χ2n) is 2.77. The molecule has 0 amide bonds. The fraction of sp³-hybridized carbons (Fsp3) is 0.889. The van der Waals surface area contributed by atoms with Gasteiger partial charge >= 0.3 is 5.97 Å². The molecule has 84 valence electrons. The molecule has 0 rings (SSSR count). The molecule has 1 atom stereocenters. The zero-order chi connectivity index (χ0) is 10.8. The van der Waals surface area contributed by atoms with Crippen LogP contribution in [-0.2, 0) is 19.0 Å². The molecule has 0 spiro atoms. The summed E-state index contributed by atoms with van der Waals surface area (Å²) in [5.74, 6) is -1.01. The van der Waals surface area contributed by atoms with Crippen LogP contribution in [0, 0.1) is 0 Å². The Kier molecular flexibility index (Phi) is 8.51. The number of carboxylic acids is 1. The molecule has 5 heteroatoms. The third-order valence-electron chi connectivity index (χ3n) is 1.49. The van der Waals surface area contributed by atoms with Gasteiger partial charge in [0, 0.05) is 13.7 Å². The molecule has 0 aromatic heterocycles. The standard InChI is InChI=1S/C9H18O5/c1-3-4-13-5-6-14-8(7-12-2)9(10)11/h8H,3-7H2,1-2H3,(H,10,11). The van der Waals surface area contributed by atoms with Crippen LogP contribution >= 0.6 is 0 Å². The van der Waals surface area contributed by atoms with E-state index in [2.05, 4.69) is 0 Å². The van der Waals surface area contributed by atoms with Crippen molar-refractivity contribution in [3.63, 3.8) is 0 Å². The van der Waals surface area contributed by atoms with Gasteiger partial charge in [-0.05, 0) is 6.42 Å². The Bertz CT molecular complexity index is 148. The van der Waals surface area contributed by atoms with Gasteiger partial charge in [0.25, 0.3) is 0 Å². The van der Waals surface area contributed by atoms with E-state index in [1.54, 1.807) is 0 Å². The fourth-order valence-electron chi connectivity index (χ4n) is 0.838. The Morgan fingerprint density at radius 2 is 2.07 bits per heavy atom.